The first-order valence-electron chi connectivity index (χ1n) is 14.7. The largest absolute Gasteiger partial charge is 0.421 e. The monoisotopic (exact) mass is 808 g/mol. The highest BCUT2D eigenvalue weighted by Gasteiger charge is 2.36. The summed E-state index contributed by atoms with van der Waals surface area (Å²) in [6.07, 6.45) is -7.72. The molecule has 0 aliphatic heterocycles. The Kier molecular flexibility index (Phi) is 11.8. The van der Waals surface area contributed by atoms with Gasteiger partial charge in [-0.25, -0.2) is 24.5 Å². The lowest BCUT2D eigenvalue weighted by Gasteiger charge is -2.13. The van der Waals surface area contributed by atoms with Crippen LogP contribution in [-0.2, 0) is 40.5 Å². The van der Waals surface area contributed by atoms with Crippen LogP contribution < -0.4 is 33.1 Å². The van der Waals surface area contributed by atoms with Gasteiger partial charge in [0.05, 0.1) is 43.5 Å². The second-order valence-electron chi connectivity index (χ2n) is 11.0. The molecule has 4 heterocycles. The molecule has 0 unspecified atom stereocenters. The number of fused-ring (bicyclic) bond motifs is 2. The van der Waals surface area contributed by atoms with Crippen LogP contribution in [0.4, 0.5) is 55.3 Å². The van der Waals surface area contributed by atoms with Crippen molar-refractivity contribution in [1.82, 2.24) is 38.2 Å². The topological polar surface area (TPSA) is 168 Å². The molecule has 0 spiro atoms. The smallest absolute Gasteiger partial charge is 0.397 e. The summed E-state index contributed by atoms with van der Waals surface area (Å²) in [4.78, 5) is 37.7. The van der Waals surface area contributed by atoms with Gasteiger partial charge in [-0.05, 0) is 35.9 Å². The molecule has 4 aromatic heterocycles. The van der Waals surface area contributed by atoms with E-state index in [2.05, 4.69) is 35.9 Å². The molecule has 53 heavy (non-hydrogen) atoms. The van der Waals surface area contributed by atoms with Crippen LogP contribution >= 0.6 is 34.8 Å². The summed E-state index contributed by atoms with van der Waals surface area (Å²) < 4.78 is 81.3. The highest BCUT2D eigenvalue weighted by atomic mass is 35.5. The number of benzene rings is 2. The number of aryl methyl sites for hydroxylation is 4. The number of nitrogens with zero attached hydrogens (tertiary/aromatic N) is 8. The summed E-state index contributed by atoms with van der Waals surface area (Å²) >= 11 is 17.4. The molecule has 284 valence electrons. The molecule has 6 aromatic rings. The van der Waals surface area contributed by atoms with E-state index < -0.39 is 23.5 Å². The maximum absolute atomic E-state index is 12.9. The third-order valence-corrected chi connectivity index (χ3v) is 8.45. The molecule has 2 aromatic carbocycles. The van der Waals surface area contributed by atoms with Gasteiger partial charge in [0, 0.05) is 54.7 Å². The van der Waals surface area contributed by atoms with E-state index in [4.69, 9.17) is 40.5 Å². The first kappa shape index (κ1) is 40.6. The molecule has 14 nitrogen and oxygen atoms in total. The summed E-state index contributed by atoms with van der Waals surface area (Å²) in [5.74, 6) is -0.753. The molecule has 6 rings (SSSR count). The number of hydrogen-bond acceptors (Lipinski definition) is 10. The molecule has 5 N–H and O–H groups in total. The summed E-state index contributed by atoms with van der Waals surface area (Å²) in [6.45, 7) is 0. The first-order chi connectivity index (χ1) is 24.6. The van der Waals surface area contributed by atoms with Crippen molar-refractivity contribution in [2.45, 2.75) is 12.4 Å². The number of nitrogens with one attached hydrogen (secondary N) is 3. The highest BCUT2D eigenvalue weighted by molar-refractivity contribution is 6.34. The predicted molar refractivity (Wildman–Crippen MR) is 192 cm³/mol. The number of imidazole rings is 2. The zero-order valence-corrected chi connectivity index (χ0v) is 30.6. The van der Waals surface area contributed by atoms with E-state index in [0.29, 0.717) is 39.8 Å². The van der Waals surface area contributed by atoms with Crippen LogP contribution in [0, 0.1) is 0 Å². The predicted octanol–water partition coefficient (Wildman–Crippen LogP) is 6.43. The molecule has 0 saturated carbocycles. The minimum absolute atomic E-state index is 0.0652. The zero-order chi connectivity index (χ0) is 39.7. The minimum Gasteiger partial charge on any atom is -0.397 e. The Morgan fingerprint density at radius 3 is 1.53 bits per heavy atom. The van der Waals surface area contributed by atoms with E-state index in [1.807, 2.05) is 0 Å². The van der Waals surface area contributed by atoms with Gasteiger partial charge in [0.2, 0.25) is 11.2 Å². The number of nitrogens with two attached hydrogens (primary N) is 1. The summed E-state index contributed by atoms with van der Waals surface area (Å²) in [6, 6.07) is 6.61. The van der Waals surface area contributed by atoms with Crippen LogP contribution in [0.3, 0.4) is 0 Å². The fourth-order valence-electron chi connectivity index (χ4n) is 4.87. The average molecular weight is 810 g/mol. The van der Waals surface area contributed by atoms with Gasteiger partial charge < -0.3 is 21.7 Å². The zero-order valence-electron chi connectivity index (χ0n) is 28.3. The fraction of sp³-hybridized carbons (Fsp3) is 0.267. The van der Waals surface area contributed by atoms with Crippen molar-refractivity contribution in [2.75, 3.05) is 35.8 Å². The number of halogens is 9. The third kappa shape index (κ3) is 8.55. The average Bonchev–Trinajstić information content (AvgIpc) is 3.42. The van der Waals surface area contributed by atoms with Crippen LogP contribution in [0.15, 0.2) is 46.2 Å². The van der Waals surface area contributed by atoms with Crippen molar-refractivity contribution in [3.63, 3.8) is 0 Å². The van der Waals surface area contributed by atoms with Gasteiger partial charge in [0.15, 0.2) is 0 Å². The Balaban J connectivity index is 0.000000196. The van der Waals surface area contributed by atoms with E-state index in [-0.39, 0.29) is 39.3 Å². The van der Waals surface area contributed by atoms with Crippen LogP contribution in [0.2, 0.25) is 15.3 Å². The van der Waals surface area contributed by atoms with Gasteiger partial charge in [-0.1, -0.05) is 23.2 Å². The van der Waals surface area contributed by atoms with Gasteiger partial charge >= 0.3 is 23.7 Å². The second-order valence-corrected chi connectivity index (χ2v) is 12.1. The van der Waals surface area contributed by atoms with E-state index >= 15 is 0 Å². The Labute approximate surface area is 310 Å². The second kappa shape index (κ2) is 15.4. The number of aromatic nitrogens is 8. The molecule has 0 amide bonds. The van der Waals surface area contributed by atoms with Crippen LogP contribution in [-0.4, -0.2) is 52.3 Å². The number of hydrogen-bond donors (Lipinski definition) is 4. The Hall–Kier alpha value is -5.21. The summed E-state index contributed by atoms with van der Waals surface area (Å²) in [5, 5.41) is 7.99. The molecule has 0 atom stereocenters. The van der Waals surface area contributed by atoms with Crippen molar-refractivity contribution < 1.29 is 26.3 Å². The Morgan fingerprint density at radius 1 is 0.642 bits per heavy atom. The van der Waals surface area contributed by atoms with Gasteiger partial charge in [-0.3, -0.25) is 18.3 Å². The molecule has 0 saturated heterocycles. The standard InChI is InChI=1S/C15H14ClF3N6O.C9H10ClN3O.C6H5ClF3N3/c1-20-12-7(15(17,18)19)6-21-13(23-12)22-9-5-11-10(4-8(9)16)24(2)14(26)25(11)3;1-12-7-3-5(10)6(11)4-8(7)13(2)9(12)14;1-11-4-3(6(8,9)10)2-12-5(7)13-4/h4-6H,1-3H3,(H2,20,21,22,23);3-4H,11H2,1-2H3;2H,1H3,(H,11,12,13). The molecule has 0 bridgehead atoms. The normalized spacial score (nSPS) is 11.5. The molecule has 0 aliphatic rings. The number of rotatable bonds is 4. The van der Waals surface area contributed by atoms with Crippen molar-refractivity contribution in [3.05, 3.63) is 84.1 Å². The SMILES string of the molecule is CNc1nc(Cl)ncc1C(F)(F)F.CNc1nc(Nc2cc3c(cc2Cl)n(C)c(=O)n3C)ncc1C(F)(F)F.Cn1c(=O)n(C)c2cc(Cl)c(N)cc21. The molecule has 23 heteroatoms. The summed E-state index contributed by atoms with van der Waals surface area (Å²) in [7, 11) is 9.30. The quantitative estimate of drug-likeness (QED) is 0.0886. The Bertz CT molecular complexity index is 2390. The molecular formula is C30H29Cl3F6N12O2. The molecule has 0 aliphatic carbocycles. The lowest BCUT2D eigenvalue weighted by molar-refractivity contribution is -0.138. The van der Waals surface area contributed by atoms with Crippen LogP contribution in [0.1, 0.15) is 11.1 Å². The van der Waals surface area contributed by atoms with E-state index in [0.717, 1.165) is 11.0 Å². The third-order valence-electron chi connectivity index (χ3n) is 7.63. The first-order valence-corrected chi connectivity index (χ1v) is 15.9. The fourth-order valence-corrected chi connectivity index (χ4v) is 5.37. The lowest BCUT2D eigenvalue weighted by Crippen LogP contribution is -2.19. The number of anilines is 5. The maximum atomic E-state index is 12.9. The molecular weight excluding hydrogens is 781 g/mol. The van der Waals surface area contributed by atoms with Crippen molar-refractivity contribution >= 4 is 85.8 Å². The molecule has 0 radical (unpaired) electrons. The highest BCUT2D eigenvalue weighted by Crippen LogP contribution is 2.35. The van der Waals surface area contributed by atoms with Gasteiger partial charge in [0.25, 0.3) is 0 Å². The van der Waals surface area contributed by atoms with Gasteiger partial charge in [-0.15, -0.1) is 0 Å². The van der Waals surface area contributed by atoms with E-state index in [1.165, 1.54) is 23.2 Å². The lowest BCUT2D eigenvalue weighted by atomic mass is 10.2. The van der Waals surface area contributed by atoms with E-state index in [9.17, 15) is 35.9 Å². The number of alkyl halides is 6. The minimum atomic E-state index is -4.57. The summed E-state index contributed by atoms with van der Waals surface area (Å²) in [5.41, 5.74) is 7.10. The van der Waals surface area contributed by atoms with Gasteiger partial charge in [0.1, 0.15) is 22.8 Å². The number of nitrogen functional groups attached to an aromatic ring is 1. The van der Waals surface area contributed by atoms with Crippen molar-refractivity contribution in [1.29, 1.82) is 0 Å². The van der Waals surface area contributed by atoms with Gasteiger partial charge in [-0.2, -0.15) is 31.3 Å². The van der Waals surface area contributed by atoms with Crippen molar-refractivity contribution in [2.24, 2.45) is 28.2 Å². The molecule has 0 fully saturated rings. The van der Waals surface area contributed by atoms with E-state index in [1.54, 1.807) is 61.6 Å². The van der Waals surface area contributed by atoms with Crippen molar-refractivity contribution in [3.8, 4) is 0 Å². The van der Waals surface area contributed by atoms with Crippen LogP contribution in [0.5, 0.6) is 0 Å². The Morgan fingerprint density at radius 2 is 1.06 bits per heavy atom. The maximum Gasteiger partial charge on any atom is 0.421 e. The van der Waals surface area contributed by atoms with Crippen LogP contribution in [0.25, 0.3) is 22.1 Å².